The molecule has 6 nitrogen and oxygen atoms in total. The molecule has 1 rings (SSSR count). The molecule has 0 unspecified atom stereocenters. The zero-order valence-corrected chi connectivity index (χ0v) is 11.3. The summed E-state index contributed by atoms with van der Waals surface area (Å²) < 4.78 is 10.1. The molecule has 1 aromatic rings. The van der Waals surface area contributed by atoms with E-state index in [4.69, 9.17) is 21.1 Å². The minimum Gasteiger partial charge on any atom is -0.460 e. The first-order chi connectivity index (χ1) is 8.91. The summed E-state index contributed by atoms with van der Waals surface area (Å²) in [4.78, 5) is 21.7. The van der Waals surface area contributed by atoms with Crippen molar-refractivity contribution in [2.24, 2.45) is 0 Å². The topological polar surface area (TPSA) is 78.7 Å². The lowest BCUT2D eigenvalue weighted by Gasteiger charge is -2.08. The van der Waals surface area contributed by atoms with Crippen LogP contribution in [0.15, 0.2) is 18.2 Å². The fourth-order valence-electron chi connectivity index (χ4n) is 1.28. The average molecular weight is 288 g/mol. The van der Waals surface area contributed by atoms with Crippen LogP contribution in [0.3, 0.4) is 0 Å². The van der Waals surface area contributed by atoms with Gasteiger partial charge in [0.2, 0.25) is 0 Å². The Morgan fingerprint density at radius 1 is 1.42 bits per heavy atom. The highest BCUT2D eigenvalue weighted by Crippen LogP contribution is 2.25. The number of ether oxygens (including phenoxy) is 2. The number of nitro benzene ring substituents is 1. The number of carbonyl (C=O) groups excluding carboxylic acids is 1. The molecule has 0 amide bonds. The van der Waals surface area contributed by atoms with Gasteiger partial charge in [0, 0.05) is 6.07 Å². The molecule has 0 spiro atoms. The van der Waals surface area contributed by atoms with Crippen LogP contribution in [-0.2, 0) is 9.47 Å². The lowest BCUT2D eigenvalue weighted by atomic mass is 10.2. The van der Waals surface area contributed by atoms with Crippen LogP contribution in [0.2, 0.25) is 5.02 Å². The molecule has 0 aliphatic rings. The number of hydrogen-bond donors (Lipinski definition) is 0. The quantitative estimate of drug-likeness (QED) is 0.348. The van der Waals surface area contributed by atoms with Gasteiger partial charge in [0.05, 0.1) is 23.2 Å². The number of halogens is 1. The first kappa shape index (κ1) is 15.4. The molecule has 104 valence electrons. The molecule has 0 N–H and O–H groups in total. The Kier molecular flexibility index (Phi) is 5.72. The summed E-state index contributed by atoms with van der Waals surface area (Å²) in [5.74, 6) is -0.646. The minimum absolute atomic E-state index is 0.0234. The maximum atomic E-state index is 11.6. The van der Waals surface area contributed by atoms with Gasteiger partial charge in [-0.2, -0.15) is 0 Å². The summed E-state index contributed by atoms with van der Waals surface area (Å²) in [5.41, 5.74) is -0.241. The Labute approximate surface area is 115 Å². The van der Waals surface area contributed by atoms with Crippen LogP contribution in [0.4, 0.5) is 5.69 Å². The van der Waals surface area contributed by atoms with Crippen molar-refractivity contribution >= 4 is 23.3 Å². The SMILES string of the molecule is CC(C)OCCOC(=O)c1ccc(Cl)c([N+](=O)[O-])c1. The van der Waals surface area contributed by atoms with Crippen molar-refractivity contribution in [3.05, 3.63) is 38.9 Å². The van der Waals surface area contributed by atoms with Crippen molar-refractivity contribution in [2.75, 3.05) is 13.2 Å². The predicted octanol–water partition coefficient (Wildman–Crippen LogP) is 2.83. The number of esters is 1. The van der Waals surface area contributed by atoms with E-state index in [2.05, 4.69) is 0 Å². The Morgan fingerprint density at radius 2 is 2.11 bits per heavy atom. The monoisotopic (exact) mass is 287 g/mol. The van der Waals surface area contributed by atoms with Crippen molar-refractivity contribution in [2.45, 2.75) is 20.0 Å². The molecule has 0 radical (unpaired) electrons. The summed E-state index contributed by atoms with van der Waals surface area (Å²) >= 11 is 5.64. The Morgan fingerprint density at radius 3 is 2.68 bits per heavy atom. The molecular formula is C12H14ClNO5. The lowest BCUT2D eigenvalue weighted by Crippen LogP contribution is -2.13. The Balaban J connectivity index is 2.62. The largest absolute Gasteiger partial charge is 0.460 e. The lowest BCUT2D eigenvalue weighted by molar-refractivity contribution is -0.384. The second-order valence-electron chi connectivity index (χ2n) is 3.98. The van der Waals surface area contributed by atoms with Crippen LogP contribution in [0, 0.1) is 10.1 Å². The third-order valence-electron chi connectivity index (χ3n) is 2.15. The van der Waals surface area contributed by atoms with Crippen molar-refractivity contribution in [3.8, 4) is 0 Å². The fourth-order valence-corrected chi connectivity index (χ4v) is 1.47. The van der Waals surface area contributed by atoms with Gasteiger partial charge in [0.25, 0.3) is 5.69 Å². The summed E-state index contributed by atoms with van der Waals surface area (Å²) in [6.45, 7) is 4.10. The third kappa shape index (κ3) is 4.84. The van der Waals surface area contributed by atoms with Crippen molar-refractivity contribution in [1.82, 2.24) is 0 Å². The maximum absolute atomic E-state index is 11.6. The standard InChI is InChI=1S/C12H14ClNO5/c1-8(2)18-5-6-19-12(15)9-3-4-10(13)11(7-9)14(16)17/h3-4,7-8H,5-6H2,1-2H3. The number of hydrogen-bond acceptors (Lipinski definition) is 5. The van der Waals surface area contributed by atoms with E-state index in [9.17, 15) is 14.9 Å². The Hall–Kier alpha value is -1.66. The summed E-state index contributed by atoms with van der Waals surface area (Å²) in [6.07, 6.45) is 0.0512. The van der Waals surface area contributed by atoms with E-state index >= 15 is 0 Å². The molecule has 1 aromatic carbocycles. The molecule has 0 aliphatic carbocycles. The molecule has 0 aromatic heterocycles. The zero-order valence-electron chi connectivity index (χ0n) is 10.6. The third-order valence-corrected chi connectivity index (χ3v) is 2.47. The number of carbonyl (C=O) groups is 1. The second-order valence-corrected chi connectivity index (χ2v) is 4.39. The van der Waals surface area contributed by atoms with Crippen LogP contribution in [0.1, 0.15) is 24.2 Å². The van der Waals surface area contributed by atoms with E-state index < -0.39 is 10.9 Å². The number of rotatable bonds is 6. The first-order valence-corrected chi connectivity index (χ1v) is 6.02. The molecule has 0 saturated carbocycles. The second kappa shape index (κ2) is 7.06. The van der Waals surface area contributed by atoms with Gasteiger partial charge in [-0.3, -0.25) is 10.1 Å². The molecule has 0 fully saturated rings. The van der Waals surface area contributed by atoms with Crippen LogP contribution in [0.5, 0.6) is 0 Å². The van der Waals surface area contributed by atoms with Gasteiger partial charge in [-0.15, -0.1) is 0 Å². The highest BCUT2D eigenvalue weighted by Gasteiger charge is 2.17. The number of benzene rings is 1. The van der Waals surface area contributed by atoms with Gasteiger partial charge in [0.15, 0.2) is 0 Å². The molecule has 0 saturated heterocycles. The van der Waals surface area contributed by atoms with Crippen molar-refractivity contribution < 1.29 is 19.2 Å². The normalized spacial score (nSPS) is 10.5. The van der Waals surface area contributed by atoms with E-state index in [1.54, 1.807) is 0 Å². The zero-order chi connectivity index (χ0) is 14.4. The highest BCUT2D eigenvalue weighted by atomic mass is 35.5. The highest BCUT2D eigenvalue weighted by molar-refractivity contribution is 6.32. The Bertz CT molecular complexity index is 475. The van der Waals surface area contributed by atoms with Gasteiger partial charge in [-0.05, 0) is 26.0 Å². The van der Waals surface area contributed by atoms with Crippen LogP contribution >= 0.6 is 11.6 Å². The van der Waals surface area contributed by atoms with E-state index in [1.165, 1.54) is 12.1 Å². The summed E-state index contributed by atoms with van der Waals surface area (Å²) in [7, 11) is 0. The first-order valence-electron chi connectivity index (χ1n) is 5.64. The minimum atomic E-state index is -0.652. The van der Waals surface area contributed by atoms with Gasteiger partial charge in [0.1, 0.15) is 11.6 Å². The van der Waals surface area contributed by atoms with Crippen molar-refractivity contribution in [1.29, 1.82) is 0 Å². The molecule has 7 heteroatoms. The molecular weight excluding hydrogens is 274 g/mol. The van der Waals surface area contributed by atoms with Gasteiger partial charge in [-0.1, -0.05) is 11.6 Å². The van der Waals surface area contributed by atoms with E-state index in [1.807, 2.05) is 13.8 Å². The molecule has 0 heterocycles. The predicted molar refractivity (Wildman–Crippen MR) is 69.5 cm³/mol. The van der Waals surface area contributed by atoms with Gasteiger partial charge < -0.3 is 9.47 Å². The summed E-state index contributed by atoms with van der Waals surface area (Å²) in [6, 6.07) is 3.76. The molecule has 0 atom stereocenters. The summed E-state index contributed by atoms with van der Waals surface area (Å²) in [5, 5.41) is 10.7. The average Bonchev–Trinajstić information content (AvgIpc) is 2.34. The van der Waals surface area contributed by atoms with E-state index in [0.29, 0.717) is 0 Å². The number of nitro groups is 1. The van der Waals surface area contributed by atoms with Crippen LogP contribution in [-0.4, -0.2) is 30.2 Å². The van der Waals surface area contributed by atoms with Crippen LogP contribution in [0.25, 0.3) is 0 Å². The fraction of sp³-hybridized carbons (Fsp3) is 0.417. The maximum Gasteiger partial charge on any atom is 0.338 e. The van der Waals surface area contributed by atoms with Gasteiger partial charge in [-0.25, -0.2) is 4.79 Å². The van der Waals surface area contributed by atoms with E-state index in [-0.39, 0.29) is 35.6 Å². The molecule has 19 heavy (non-hydrogen) atoms. The number of nitrogens with zero attached hydrogens (tertiary/aromatic N) is 1. The van der Waals surface area contributed by atoms with Crippen LogP contribution < -0.4 is 0 Å². The van der Waals surface area contributed by atoms with E-state index in [0.717, 1.165) is 6.07 Å². The van der Waals surface area contributed by atoms with Gasteiger partial charge >= 0.3 is 5.97 Å². The molecule has 0 aliphatic heterocycles. The molecule has 0 bridgehead atoms. The smallest absolute Gasteiger partial charge is 0.338 e. The van der Waals surface area contributed by atoms with Crippen molar-refractivity contribution in [3.63, 3.8) is 0 Å².